The van der Waals surface area contributed by atoms with Gasteiger partial charge in [0.2, 0.25) is 0 Å². The largest absolute Gasteiger partial charge is 0.512 e. The zero-order valence-corrected chi connectivity index (χ0v) is 33.0. The molecule has 0 saturated carbocycles. The van der Waals surface area contributed by atoms with Crippen molar-refractivity contribution in [3.05, 3.63) is 87.9 Å². The third-order valence-corrected chi connectivity index (χ3v) is 12.3. The number of phenolic OH excluding ortho intramolecular Hbond substituents is 4. The summed E-state index contributed by atoms with van der Waals surface area (Å²) in [5.74, 6) is -0.639. The van der Waals surface area contributed by atoms with Crippen LogP contribution in [0.4, 0.5) is 0 Å². The molecule has 10 heteroatoms. The number of benzene rings is 5. The number of ether oxygens (including phenoxy) is 2. The van der Waals surface area contributed by atoms with Gasteiger partial charge in [0.25, 0.3) is 0 Å². The number of fused-ring (bicyclic) bond motifs is 4. The first kappa shape index (κ1) is 37.3. The minimum Gasteiger partial charge on any atom is -0.512 e. The van der Waals surface area contributed by atoms with Crippen LogP contribution in [-0.2, 0) is 6.42 Å². The second-order valence-corrected chi connectivity index (χ2v) is 16.2. The highest BCUT2D eigenvalue weighted by Crippen LogP contribution is 2.56. The summed E-state index contributed by atoms with van der Waals surface area (Å²) in [7, 11) is 3.06. The van der Waals surface area contributed by atoms with Gasteiger partial charge in [0.05, 0.1) is 25.0 Å². The van der Waals surface area contributed by atoms with Crippen molar-refractivity contribution in [2.45, 2.75) is 78.6 Å². The molecule has 2 aliphatic heterocycles. The molecule has 6 atom stereocenters. The Kier molecular flexibility index (Phi) is 9.05. The highest BCUT2D eigenvalue weighted by Gasteiger charge is 2.43. The summed E-state index contributed by atoms with van der Waals surface area (Å²) in [5.41, 5.74) is 6.14. The number of hydrogen-bond acceptors (Lipinski definition) is 10. The van der Waals surface area contributed by atoms with Gasteiger partial charge >= 0.3 is 0 Å². The number of methoxy groups -OCH3 is 2. The second-order valence-electron chi connectivity index (χ2n) is 16.2. The van der Waals surface area contributed by atoms with Crippen molar-refractivity contribution in [1.82, 2.24) is 10.6 Å². The minimum absolute atomic E-state index is 0.0662. The molecular weight excluding hydrogens is 709 g/mol. The first-order chi connectivity index (χ1) is 26.6. The van der Waals surface area contributed by atoms with E-state index < -0.39 is 0 Å². The lowest BCUT2D eigenvalue weighted by Gasteiger charge is -2.43. The molecule has 292 valence electrons. The van der Waals surface area contributed by atoms with Crippen LogP contribution in [0.15, 0.2) is 60.1 Å². The van der Waals surface area contributed by atoms with Crippen LogP contribution >= 0.6 is 0 Å². The van der Waals surface area contributed by atoms with Crippen molar-refractivity contribution in [3.63, 3.8) is 0 Å². The lowest BCUT2D eigenvalue weighted by atomic mass is 9.68. The van der Waals surface area contributed by atoms with E-state index in [-0.39, 0.29) is 81.6 Å². The van der Waals surface area contributed by atoms with Gasteiger partial charge in [-0.25, -0.2) is 0 Å². The molecule has 0 bridgehead atoms. The van der Waals surface area contributed by atoms with Crippen LogP contribution in [0.1, 0.15) is 68.0 Å². The molecule has 0 spiro atoms. The monoisotopic (exact) mass is 758 g/mol. The van der Waals surface area contributed by atoms with Gasteiger partial charge in [-0.2, -0.15) is 0 Å². The molecule has 1 aliphatic carbocycles. The highest BCUT2D eigenvalue weighted by molar-refractivity contribution is 6.12. The molecule has 1 saturated heterocycles. The van der Waals surface area contributed by atoms with Crippen molar-refractivity contribution < 1.29 is 40.1 Å². The Bertz CT molecular complexity index is 2540. The van der Waals surface area contributed by atoms with Crippen LogP contribution in [0, 0.1) is 25.7 Å². The Morgan fingerprint density at radius 3 is 1.80 bits per heavy atom. The predicted molar refractivity (Wildman–Crippen MR) is 220 cm³/mol. The molecule has 6 unspecified atom stereocenters. The topological polar surface area (TPSA) is 164 Å². The molecule has 1 fully saturated rings. The molecular formula is C46H50N2O8. The Labute approximate surface area is 326 Å². The fraction of sp³-hybridized carbons (Fsp3) is 0.348. The van der Waals surface area contributed by atoms with Crippen molar-refractivity contribution in [1.29, 1.82) is 0 Å². The Balaban J connectivity index is 1.52. The normalized spacial score (nSPS) is 23.5. The molecule has 5 aromatic carbocycles. The summed E-state index contributed by atoms with van der Waals surface area (Å²) in [6.45, 7) is 12.1. The van der Waals surface area contributed by atoms with E-state index >= 15 is 0 Å². The fourth-order valence-corrected chi connectivity index (χ4v) is 10.0. The van der Waals surface area contributed by atoms with E-state index in [1.54, 1.807) is 18.2 Å². The number of aryl methyl sites for hydroxylation is 2. The molecule has 5 aromatic rings. The number of rotatable bonds is 5. The van der Waals surface area contributed by atoms with Gasteiger partial charge in [-0.1, -0.05) is 12.1 Å². The van der Waals surface area contributed by atoms with E-state index in [4.69, 9.17) is 9.47 Å². The smallest absolute Gasteiger partial charge is 0.165 e. The van der Waals surface area contributed by atoms with Crippen LogP contribution in [0.5, 0.6) is 34.5 Å². The zero-order valence-electron chi connectivity index (χ0n) is 33.0. The Morgan fingerprint density at radius 2 is 1.21 bits per heavy atom. The molecule has 0 radical (unpaired) electrons. The van der Waals surface area contributed by atoms with Gasteiger partial charge in [0.1, 0.15) is 34.5 Å². The van der Waals surface area contributed by atoms with E-state index in [1.165, 1.54) is 20.3 Å². The summed E-state index contributed by atoms with van der Waals surface area (Å²) in [4.78, 5) is 0. The van der Waals surface area contributed by atoms with Crippen LogP contribution in [0.2, 0.25) is 0 Å². The number of nitrogens with one attached hydrogen (secondary N) is 2. The van der Waals surface area contributed by atoms with Crippen molar-refractivity contribution in [2.75, 3.05) is 14.2 Å². The van der Waals surface area contributed by atoms with Crippen LogP contribution in [0.25, 0.3) is 49.4 Å². The molecule has 3 aliphatic rings. The summed E-state index contributed by atoms with van der Waals surface area (Å²) in [5, 5.41) is 80.0. The number of aliphatic hydroxyl groups is 2. The maximum absolute atomic E-state index is 12.5. The van der Waals surface area contributed by atoms with Gasteiger partial charge in [-0.05, 0) is 129 Å². The van der Waals surface area contributed by atoms with Gasteiger partial charge in [-0.15, -0.1) is 0 Å². The number of aliphatic hydroxyl groups excluding tert-OH is 2. The summed E-state index contributed by atoms with van der Waals surface area (Å²) < 4.78 is 11.8. The maximum atomic E-state index is 12.5. The highest BCUT2D eigenvalue weighted by atomic mass is 16.5. The average molecular weight is 759 g/mol. The van der Waals surface area contributed by atoms with Crippen LogP contribution < -0.4 is 20.1 Å². The SMILES string of the molecule is COc1cc(C)cc2c(C3=C(O)C=C(O)C4C(C)NC(C)CC34)cc(-c3cc(-c4c(O)c(O)cc5c4CC(C)NC5C)c4cc(C)cc(OC)c4c3O)c(O)c12. The predicted octanol–water partition coefficient (Wildman–Crippen LogP) is 9.11. The van der Waals surface area contributed by atoms with E-state index in [9.17, 15) is 30.6 Å². The first-order valence-electron chi connectivity index (χ1n) is 19.3. The van der Waals surface area contributed by atoms with Gasteiger partial charge < -0.3 is 50.7 Å². The number of aromatic hydroxyl groups is 4. The number of hydrogen-bond donors (Lipinski definition) is 8. The third kappa shape index (κ3) is 5.68. The average Bonchev–Trinajstić information content (AvgIpc) is 3.13. The summed E-state index contributed by atoms with van der Waals surface area (Å²) in [6.07, 6.45) is 2.61. The first-order valence-corrected chi connectivity index (χ1v) is 19.3. The van der Waals surface area contributed by atoms with Gasteiger partial charge in [0.15, 0.2) is 11.5 Å². The molecule has 0 amide bonds. The molecule has 2 heterocycles. The lowest BCUT2D eigenvalue weighted by molar-refractivity contribution is 0.171. The molecule has 0 aromatic heterocycles. The van der Waals surface area contributed by atoms with E-state index in [0.717, 1.165) is 22.3 Å². The molecule has 10 nitrogen and oxygen atoms in total. The number of allylic oxidation sites excluding steroid dienone is 2. The molecule has 8 N–H and O–H groups in total. The Hall–Kier alpha value is -5.58. The minimum atomic E-state index is -0.316. The number of phenols is 4. The number of piperidine rings is 1. The van der Waals surface area contributed by atoms with E-state index in [1.807, 2.05) is 52.0 Å². The van der Waals surface area contributed by atoms with Crippen LogP contribution in [0.3, 0.4) is 0 Å². The van der Waals surface area contributed by atoms with Gasteiger partial charge in [0, 0.05) is 64.3 Å². The maximum Gasteiger partial charge on any atom is 0.165 e. The van der Waals surface area contributed by atoms with E-state index in [0.29, 0.717) is 68.1 Å². The molecule has 8 rings (SSSR count). The quantitative estimate of drug-likeness (QED) is 0.0811. The van der Waals surface area contributed by atoms with Gasteiger partial charge in [-0.3, -0.25) is 0 Å². The summed E-state index contributed by atoms with van der Waals surface area (Å²) >= 11 is 0. The van der Waals surface area contributed by atoms with Crippen LogP contribution in [-0.4, -0.2) is 63.0 Å². The fourth-order valence-electron chi connectivity index (χ4n) is 10.0. The van der Waals surface area contributed by atoms with Crippen molar-refractivity contribution in [2.24, 2.45) is 11.8 Å². The second kappa shape index (κ2) is 13.6. The lowest BCUT2D eigenvalue weighted by Crippen LogP contribution is -2.50. The summed E-state index contributed by atoms with van der Waals surface area (Å²) in [6, 6.07) is 12.6. The Morgan fingerprint density at radius 1 is 0.643 bits per heavy atom. The van der Waals surface area contributed by atoms with Crippen molar-refractivity contribution >= 4 is 27.1 Å². The standard InChI is InChI=1S/C46H50N2O8/c1-19-9-26-29(40-33-14-22(4)48-24(6)39(33)34(49)18-35(40)50)15-31(44(52)42(26)37(11-19)55-7)32-16-30(27-10-20(2)12-38(56-8)43(27)45(32)53)41-28-13-21(3)47-23(5)25(28)17-36(51)46(41)54/h9-12,15-18,21-24,33,39,47-54H,13-14H2,1-8H3. The molecule has 56 heavy (non-hydrogen) atoms. The van der Waals surface area contributed by atoms with Crippen molar-refractivity contribution in [3.8, 4) is 56.8 Å². The zero-order chi connectivity index (χ0) is 40.1. The van der Waals surface area contributed by atoms with E-state index in [2.05, 4.69) is 24.5 Å². The third-order valence-electron chi connectivity index (χ3n) is 12.3.